The van der Waals surface area contributed by atoms with E-state index in [2.05, 4.69) is 5.10 Å². The van der Waals surface area contributed by atoms with E-state index in [9.17, 15) is 12.8 Å². The van der Waals surface area contributed by atoms with Gasteiger partial charge in [-0.25, -0.2) is 12.8 Å². The molecule has 0 aliphatic carbocycles. The summed E-state index contributed by atoms with van der Waals surface area (Å²) in [6, 6.07) is 16.1. The van der Waals surface area contributed by atoms with Crippen molar-refractivity contribution < 1.29 is 22.3 Å². The number of aromatic nitrogens is 2. The van der Waals surface area contributed by atoms with Gasteiger partial charge in [-0.05, 0) is 56.3 Å². The summed E-state index contributed by atoms with van der Waals surface area (Å²) in [5, 5.41) is 4.45. The maximum absolute atomic E-state index is 13.9. The second-order valence-electron chi connectivity index (χ2n) is 8.91. The number of rotatable bonds is 13. The Bertz CT molecular complexity index is 1160. The molecule has 36 heavy (non-hydrogen) atoms. The van der Waals surface area contributed by atoms with Crippen LogP contribution in [0, 0.1) is 0 Å². The van der Waals surface area contributed by atoms with Crippen LogP contribution in [0.5, 0.6) is 11.5 Å². The molecule has 0 aliphatic heterocycles. The SMILES string of the molecule is COc1ccc(CN(Cc2ccc(OC)cc2)S(=O)(=O)c2cc(CN(C)CCF)n(C(C)C)n2)cc1. The summed E-state index contributed by atoms with van der Waals surface area (Å²) in [5.74, 6) is 1.39. The van der Waals surface area contributed by atoms with Gasteiger partial charge in [-0.3, -0.25) is 9.58 Å². The van der Waals surface area contributed by atoms with Crippen molar-refractivity contribution in [1.82, 2.24) is 19.0 Å². The molecule has 0 radical (unpaired) electrons. The van der Waals surface area contributed by atoms with Crippen LogP contribution in [0.2, 0.25) is 0 Å². The fourth-order valence-electron chi connectivity index (χ4n) is 3.83. The first-order chi connectivity index (χ1) is 17.2. The molecule has 0 atom stereocenters. The van der Waals surface area contributed by atoms with Crippen LogP contribution in [0.1, 0.15) is 36.7 Å². The highest BCUT2D eigenvalue weighted by Gasteiger charge is 2.29. The van der Waals surface area contributed by atoms with Crippen LogP contribution in [-0.4, -0.2) is 61.9 Å². The molecule has 8 nitrogen and oxygen atoms in total. The fraction of sp³-hybridized carbons (Fsp3) is 0.423. The third-order valence-corrected chi connectivity index (χ3v) is 7.48. The minimum absolute atomic E-state index is 0.0260. The van der Waals surface area contributed by atoms with Crippen molar-refractivity contribution in [3.63, 3.8) is 0 Å². The fourth-order valence-corrected chi connectivity index (χ4v) is 5.21. The Morgan fingerprint density at radius 2 is 1.42 bits per heavy atom. The zero-order valence-corrected chi connectivity index (χ0v) is 22.3. The van der Waals surface area contributed by atoms with E-state index < -0.39 is 16.7 Å². The van der Waals surface area contributed by atoms with E-state index in [4.69, 9.17) is 9.47 Å². The van der Waals surface area contributed by atoms with E-state index in [1.165, 1.54) is 4.31 Å². The molecular formula is C26H35FN4O4S. The van der Waals surface area contributed by atoms with Crippen LogP contribution in [0.25, 0.3) is 0 Å². The third kappa shape index (κ3) is 6.83. The Labute approximate surface area is 213 Å². The van der Waals surface area contributed by atoms with Gasteiger partial charge in [-0.2, -0.15) is 9.40 Å². The monoisotopic (exact) mass is 518 g/mol. The molecule has 3 rings (SSSR count). The van der Waals surface area contributed by atoms with E-state index in [0.717, 1.165) is 11.1 Å². The lowest BCUT2D eigenvalue weighted by Crippen LogP contribution is -2.30. The van der Waals surface area contributed by atoms with Crippen molar-refractivity contribution in [2.45, 2.75) is 44.5 Å². The number of halogens is 1. The summed E-state index contributed by atoms with van der Waals surface area (Å²) in [6.07, 6.45) is 0. The maximum atomic E-state index is 13.9. The third-order valence-electron chi connectivity index (χ3n) is 5.82. The van der Waals surface area contributed by atoms with Gasteiger partial charge in [-0.1, -0.05) is 24.3 Å². The van der Waals surface area contributed by atoms with Crippen LogP contribution in [0.15, 0.2) is 59.6 Å². The predicted molar refractivity (Wildman–Crippen MR) is 137 cm³/mol. The molecule has 0 aliphatic rings. The first-order valence-corrected chi connectivity index (χ1v) is 13.2. The highest BCUT2D eigenvalue weighted by atomic mass is 32.2. The van der Waals surface area contributed by atoms with Crippen LogP contribution in [0.4, 0.5) is 4.39 Å². The molecular weight excluding hydrogens is 483 g/mol. The number of nitrogens with zero attached hydrogens (tertiary/aromatic N) is 4. The van der Waals surface area contributed by atoms with Crippen LogP contribution < -0.4 is 9.47 Å². The highest BCUT2D eigenvalue weighted by molar-refractivity contribution is 7.89. The van der Waals surface area contributed by atoms with Crippen molar-refractivity contribution in [3.05, 3.63) is 71.4 Å². The number of methoxy groups -OCH3 is 2. The molecule has 0 saturated heterocycles. The van der Waals surface area contributed by atoms with Crippen LogP contribution in [0.3, 0.4) is 0 Å². The predicted octanol–water partition coefficient (Wildman–Crippen LogP) is 4.27. The number of hydrogen-bond acceptors (Lipinski definition) is 6. The topological polar surface area (TPSA) is 76.9 Å². The van der Waals surface area contributed by atoms with Gasteiger partial charge in [0, 0.05) is 38.3 Å². The van der Waals surface area contributed by atoms with Gasteiger partial charge in [0.15, 0.2) is 5.03 Å². The summed E-state index contributed by atoms with van der Waals surface area (Å²) >= 11 is 0. The van der Waals surface area contributed by atoms with Crippen LogP contribution in [-0.2, 0) is 29.7 Å². The second-order valence-corrected chi connectivity index (χ2v) is 10.8. The van der Waals surface area contributed by atoms with E-state index in [1.54, 1.807) is 61.2 Å². The largest absolute Gasteiger partial charge is 0.497 e. The quantitative estimate of drug-likeness (QED) is 0.336. The van der Waals surface area contributed by atoms with Gasteiger partial charge in [0.2, 0.25) is 0 Å². The van der Waals surface area contributed by atoms with Crippen molar-refractivity contribution in [1.29, 1.82) is 0 Å². The highest BCUT2D eigenvalue weighted by Crippen LogP contribution is 2.25. The Hall–Kier alpha value is -2.95. The molecule has 0 fully saturated rings. The Morgan fingerprint density at radius 1 is 0.917 bits per heavy atom. The molecule has 3 aromatic rings. The Balaban J connectivity index is 1.98. The average molecular weight is 519 g/mol. The summed E-state index contributed by atoms with van der Waals surface area (Å²) in [7, 11) is 1.00. The average Bonchev–Trinajstić information content (AvgIpc) is 3.29. The molecule has 0 amide bonds. The minimum Gasteiger partial charge on any atom is -0.497 e. The van der Waals surface area contributed by atoms with Gasteiger partial charge < -0.3 is 9.47 Å². The molecule has 1 heterocycles. The van der Waals surface area contributed by atoms with E-state index in [-0.39, 0.29) is 30.7 Å². The first-order valence-electron chi connectivity index (χ1n) is 11.8. The molecule has 0 N–H and O–H groups in total. The number of ether oxygens (including phenoxy) is 2. The summed E-state index contributed by atoms with van der Waals surface area (Å²) in [6.45, 7) is 4.36. The lowest BCUT2D eigenvalue weighted by Gasteiger charge is -2.22. The normalized spacial score (nSPS) is 12.0. The summed E-state index contributed by atoms with van der Waals surface area (Å²) in [4.78, 5) is 1.80. The van der Waals surface area contributed by atoms with Crippen molar-refractivity contribution in [3.8, 4) is 11.5 Å². The number of alkyl halides is 1. The number of sulfonamides is 1. The zero-order valence-electron chi connectivity index (χ0n) is 21.5. The zero-order chi connectivity index (χ0) is 26.3. The molecule has 1 aromatic heterocycles. The first kappa shape index (κ1) is 27.6. The minimum atomic E-state index is -3.97. The smallest absolute Gasteiger partial charge is 0.263 e. The lowest BCUT2D eigenvalue weighted by molar-refractivity contribution is 0.278. The van der Waals surface area contributed by atoms with E-state index in [1.807, 2.05) is 38.1 Å². The molecule has 0 spiro atoms. The maximum Gasteiger partial charge on any atom is 0.263 e. The standard InChI is InChI=1S/C26H35FN4O4S/c1-20(2)31-23(19-29(3)15-14-27)16-26(28-31)36(32,33)30(17-21-6-10-24(34-4)11-7-21)18-22-8-12-25(35-5)13-9-22/h6-13,16,20H,14-15,17-19H2,1-5H3. The molecule has 0 unspecified atom stereocenters. The van der Waals surface area contributed by atoms with Gasteiger partial charge in [0.05, 0.1) is 19.9 Å². The molecule has 10 heteroatoms. The van der Waals surface area contributed by atoms with E-state index in [0.29, 0.717) is 23.7 Å². The van der Waals surface area contributed by atoms with Crippen LogP contribution >= 0.6 is 0 Å². The molecule has 2 aromatic carbocycles. The lowest BCUT2D eigenvalue weighted by atomic mass is 10.2. The van der Waals surface area contributed by atoms with E-state index >= 15 is 0 Å². The summed E-state index contributed by atoms with van der Waals surface area (Å²) < 4.78 is 54.2. The van der Waals surface area contributed by atoms with Gasteiger partial charge in [0.1, 0.15) is 18.2 Å². The van der Waals surface area contributed by atoms with Crippen molar-refractivity contribution in [2.75, 3.05) is 34.5 Å². The van der Waals surface area contributed by atoms with Gasteiger partial charge in [0.25, 0.3) is 10.0 Å². The molecule has 196 valence electrons. The Morgan fingerprint density at radius 3 is 1.83 bits per heavy atom. The van der Waals surface area contributed by atoms with Gasteiger partial charge in [-0.15, -0.1) is 0 Å². The second kappa shape index (κ2) is 12.3. The molecule has 0 bridgehead atoms. The Kier molecular flexibility index (Phi) is 9.47. The molecule has 0 saturated carbocycles. The summed E-state index contributed by atoms with van der Waals surface area (Å²) in [5.41, 5.74) is 2.35. The number of hydrogen-bond donors (Lipinski definition) is 0. The number of benzene rings is 2. The van der Waals surface area contributed by atoms with Gasteiger partial charge >= 0.3 is 0 Å². The van der Waals surface area contributed by atoms with Crippen molar-refractivity contribution >= 4 is 10.0 Å². The van der Waals surface area contributed by atoms with Crippen molar-refractivity contribution in [2.24, 2.45) is 0 Å².